The molecule has 31 heavy (non-hydrogen) atoms. The Morgan fingerprint density at radius 2 is 1.87 bits per heavy atom. The number of nitrogens with zero attached hydrogens (tertiary/aromatic N) is 5. The highest BCUT2D eigenvalue weighted by Crippen LogP contribution is 2.33. The number of aliphatic imine (C=N–C) groups is 1. The second-order valence-electron chi connectivity index (χ2n) is 7.69. The van der Waals surface area contributed by atoms with Gasteiger partial charge in [0.1, 0.15) is 5.82 Å². The van der Waals surface area contributed by atoms with Gasteiger partial charge in [-0.25, -0.2) is 0 Å². The second-order valence-corrected chi connectivity index (χ2v) is 9.35. The number of halogens is 1. The fourth-order valence-electron chi connectivity index (χ4n) is 4.06. The third-order valence-electron chi connectivity index (χ3n) is 5.62. The molecule has 0 saturated heterocycles. The van der Waals surface area contributed by atoms with Gasteiger partial charge in [0.25, 0.3) is 0 Å². The molecule has 1 aliphatic carbocycles. The van der Waals surface area contributed by atoms with Crippen molar-refractivity contribution in [3.63, 3.8) is 0 Å². The third-order valence-corrected chi connectivity index (χ3v) is 7.01. The van der Waals surface area contributed by atoms with Crippen LogP contribution in [0, 0.1) is 0 Å². The summed E-state index contributed by atoms with van der Waals surface area (Å²) in [6, 6.07) is 9.31. The Balaban J connectivity index is 0.00000341. The van der Waals surface area contributed by atoms with Gasteiger partial charge in [0.2, 0.25) is 0 Å². The Morgan fingerprint density at radius 1 is 1.16 bits per heavy atom. The number of hydrogen-bond acceptors (Lipinski definition) is 5. The van der Waals surface area contributed by atoms with Crippen LogP contribution in [0.15, 0.2) is 39.3 Å². The first-order valence-electron chi connectivity index (χ1n) is 10.7. The molecule has 2 aromatic rings. The highest BCUT2D eigenvalue weighted by atomic mass is 127. The number of aryl methyl sites for hydroxylation is 1. The van der Waals surface area contributed by atoms with Crippen molar-refractivity contribution < 1.29 is 0 Å². The van der Waals surface area contributed by atoms with Gasteiger partial charge < -0.3 is 14.8 Å². The summed E-state index contributed by atoms with van der Waals surface area (Å²) in [5.74, 6) is 2.05. The number of thioether (sulfide) groups is 2. The van der Waals surface area contributed by atoms with Gasteiger partial charge in [0.15, 0.2) is 11.1 Å². The van der Waals surface area contributed by atoms with E-state index in [-0.39, 0.29) is 24.0 Å². The van der Waals surface area contributed by atoms with Crippen molar-refractivity contribution >= 4 is 53.5 Å². The number of rotatable bonds is 9. The summed E-state index contributed by atoms with van der Waals surface area (Å²) in [5.41, 5.74) is 1.28. The van der Waals surface area contributed by atoms with Crippen molar-refractivity contribution in [1.82, 2.24) is 25.0 Å². The van der Waals surface area contributed by atoms with Crippen molar-refractivity contribution in [2.24, 2.45) is 4.99 Å². The monoisotopic (exact) mass is 574 g/mol. The molecule has 0 aliphatic heterocycles. The average Bonchev–Trinajstić information content (AvgIpc) is 3.43. The van der Waals surface area contributed by atoms with Crippen molar-refractivity contribution in [3.8, 4) is 0 Å². The van der Waals surface area contributed by atoms with Gasteiger partial charge in [0, 0.05) is 44.5 Å². The van der Waals surface area contributed by atoms with Gasteiger partial charge in [0.05, 0.1) is 0 Å². The summed E-state index contributed by atoms with van der Waals surface area (Å²) in [6.07, 6.45) is 11.3. The lowest BCUT2D eigenvalue weighted by atomic mass is 10.2. The standard InChI is InChI=1S/C22H34N6S2.HI/c1-23-21(27(2)16-17-11-13-19(29-3)14-12-17)24-15-7-10-20-25-26-22(30-4)28(20)18-8-5-6-9-18;/h11-14,18H,5-10,15-16H2,1-4H3,(H,23,24);1H. The van der Waals surface area contributed by atoms with Crippen LogP contribution in [-0.2, 0) is 13.0 Å². The largest absolute Gasteiger partial charge is 0.356 e. The van der Waals surface area contributed by atoms with E-state index in [9.17, 15) is 0 Å². The van der Waals surface area contributed by atoms with E-state index >= 15 is 0 Å². The zero-order chi connectivity index (χ0) is 21.3. The van der Waals surface area contributed by atoms with Gasteiger partial charge in [-0.05, 0) is 49.5 Å². The smallest absolute Gasteiger partial charge is 0.193 e. The lowest BCUT2D eigenvalue weighted by molar-refractivity contribution is 0.457. The minimum atomic E-state index is 0. The van der Waals surface area contributed by atoms with E-state index in [4.69, 9.17) is 0 Å². The second kappa shape index (κ2) is 13.6. The Bertz CT molecular complexity index is 818. The van der Waals surface area contributed by atoms with Crippen LogP contribution in [0.5, 0.6) is 0 Å². The van der Waals surface area contributed by atoms with Gasteiger partial charge in [-0.2, -0.15) is 0 Å². The molecule has 1 fully saturated rings. The first kappa shape index (κ1) is 26.3. The zero-order valence-corrected chi connectivity index (χ0v) is 23.0. The average molecular weight is 575 g/mol. The third kappa shape index (κ3) is 7.28. The molecule has 0 unspecified atom stereocenters. The maximum absolute atomic E-state index is 4.50. The predicted octanol–water partition coefficient (Wildman–Crippen LogP) is 5.10. The highest BCUT2D eigenvalue weighted by molar-refractivity contribution is 14.0. The topological polar surface area (TPSA) is 58.3 Å². The number of hydrogen-bond donors (Lipinski definition) is 1. The minimum Gasteiger partial charge on any atom is -0.356 e. The fourth-order valence-corrected chi connectivity index (χ4v) is 5.04. The SMILES string of the molecule is CN=C(NCCCc1nnc(SC)n1C1CCCC1)N(C)Cc1ccc(SC)cc1.I. The molecule has 1 N–H and O–H groups in total. The van der Waals surface area contributed by atoms with E-state index in [1.165, 1.54) is 36.1 Å². The van der Waals surface area contributed by atoms with Crippen LogP contribution in [0.25, 0.3) is 0 Å². The normalized spacial score (nSPS) is 14.5. The van der Waals surface area contributed by atoms with E-state index in [0.29, 0.717) is 6.04 Å². The van der Waals surface area contributed by atoms with E-state index in [1.54, 1.807) is 23.5 Å². The molecule has 6 nitrogen and oxygen atoms in total. The van der Waals surface area contributed by atoms with Gasteiger partial charge in [-0.1, -0.05) is 36.7 Å². The molecule has 0 amide bonds. The van der Waals surface area contributed by atoms with Crippen LogP contribution in [0.4, 0.5) is 0 Å². The minimum absolute atomic E-state index is 0. The Labute approximate surface area is 212 Å². The zero-order valence-electron chi connectivity index (χ0n) is 19.0. The van der Waals surface area contributed by atoms with Gasteiger partial charge in [-0.15, -0.1) is 45.9 Å². The Morgan fingerprint density at radius 3 is 2.48 bits per heavy atom. The molecule has 1 aliphatic rings. The first-order valence-corrected chi connectivity index (χ1v) is 13.1. The molecule has 9 heteroatoms. The van der Waals surface area contributed by atoms with Crippen LogP contribution in [0.1, 0.15) is 49.5 Å². The van der Waals surface area contributed by atoms with Crippen molar-refractivity contribution in [3.05, 3.63) is 35.7 Å². The van der Waals surface area contributed by atoms with E-state index in [1.807, 2.05) is 7.05 Å². The van der Waals surface area contributed by atoms with Crippen molar-refractivity contribution in [1.29, 1.82) is 0 Å². The molecule has 172 valence electrons. The summed E-state index contributed by atoms with van der Waals surface area (Å²) in [7, 11) is 3.93. The quantitative estimate of drug-likeness (QED) is 0.148. The molecular formula is C22H35IN6S2. The molecule has 0 radical (unpaired) electrons. The van der Waals surface area contributed by atoms with Crippen LogP contribution in [0.3, 0.4) is 0 Å². The molecule has 3 rings (SSSR count). The molecule has 1 saturated carbocycles. The molecule has 1 aromatic heterocycles. The fraction of sp³-hybridized carbons (Fsp3) is 0.591. The van der Waals surface area contributed by atoms with Crippen LogP contribution in [0.2, 0.25) is 0 Å². The number of guanidine groups is 1. The molecule has 1 aromatic carbocycles. The van der Waals surface area contributed by atoms with E-state index in [0.717, 1.165) is 42.9 Å². The number of nitrogens with one attached hydrogen (secondary N) is 1. The molecule has 0 spiro atoms. The lowest BCUT2D eigenvalue weighted by Crippen LogP contribution is -2.39. The molecule has 0 bridgehead atoms. The van der Waals surface area contributed by atoms with Crippen LogP contribution < -0.4 is 5.32 Å². The van der Waals surface area contributed by atoms with Crippen LogP contribution in [-0.4, -0.2) is 58.8 Å². The van der Waals surface area contributed by atoms with Crippen molar-refractivity contribution in [2.75, 3.05) is 33.2 Å². The van der Waals surface area contributed by atoms with Crippen molar-refractivity contribution in [2.45, 2.75) is 61.2 Å². The van der Waals surface area contributed by atoms with E-state index < -0.39 is 0 Å². The summed E-state index contributed by atoms with van der Waals surface area (Å²) < 4.78 is 2.40. The highest BCUT2D eigenvalue weighted by Gasteiger charge is 2.23. The summed E-state index contributed by atoms with van der Waals surface area (Å²) >= 11 is 3.47. The number of benzene rings is 1. The van der Waals surface area contributed by atoms with Crippen LogP contribution >= 0.6 is 47.5 Å². The predicted molar refractivity (Wildman–Crippen MR) is 144 cm³/mol. The lowest BCUT2D eigenvalue weighted by Gasteiger charge is -2.22. The summed E-state index contributed by atoms with van der Waals surface area (Å²) in [4.78, 5) is 7.91. The maximum Gasteiger partial charge on any atom is 0.193 e. The molecule has 1 heterocycles. The first-order chi connectivity index (χ1) is 14.7. The summed E-state index contributed by atoms with van der Waals surface area (Å²) in [5, 5.41) is 13.5. The maximum atomic E-state index is 4.50. The molecule has 0 atom stereocenters. The van der Waals surface area contributed by atoms with Gasteiger partial charge in [-0.3, -0.25) is 4.99 Å². The Hall–Kier alpha value is -0.940. The summed E-state index contributed by atoms with van der Waals surface area (Å²) in [6.45, 7) is 1.70. The molecular weight excluding hydrogens is 539 g/mol. The van der Waals surface area contributed by atoms with E-state index in [2.05, 4.69) is 73.8 Å². The Kier molecular flexibility index (Phi) is 11.5. The van der Waals surface area contributed by atoms with Gasteiger partial charge >= 0.3 is 0 Å². The number of aromatic nitrogens is 3.